The predicted molar refractivity (Wildman–Crippen MR) is 98.6 cm³/mol. The van der Waals surface area contributed by atoms with Crippen molar-refractivity contribution >= 4 is 21.7 Å². The van der Waals surface area contributed by atoms with E-state index in [0.29, 0.717) is 5.69 Å². The molecular formula is C18H21NO6S. The number of esters is 1. The number of aliphatic hydroxyl groups is 1. The molecule has 2 aromatic rings. The van der Waals surface area contributed by atoms with E-state index in [9.17, 15) is 18.3 Å². The number of nitrogens with zero attached hydrogens (tertiary/aromatic N) is 1. The van der Waals surface area contributed by atoms with Crippen LogP contribution in [0, 0.1) is 0 Å². The zero-order chi connectivity index (χ0) is 19.3. The fourth-order valence-corrected chi connectivity index (χ4v) is 3.32. The number of methoxy groups -OCH3 is 2. The number of anilines is 1. The maximum absolute atomic E-state index is 12.1. The van der Waals surface area contributed by atoms with Gasteiger partial charge < -0.3 is 14.6 Å². The van der Waals surface area contributed by atoms with E-state index >= 15 is 0 Å². The lowest BCUT2D eigenvalue weighted by Crippen LogP contribution is -2.40. The van der Waals surface area contributed by atoms with Crippen LogP contribution in [0.2, 0.25) is 0 Å². The lowest BCUT2D eigenvalue weighted by atomic mass is 10.1. The Morgan fingerprint density at radius 3 is 1.96 bits per heavy atom. The second-order valence-electron chi connectivity index (χ2n) is 5.61. The van der Waals surface area contributed by atoms with Gasteiger partial charge in [0.2, 0.25) is 10.0 Å². The van der Waals surface area contributed by atoms with E-state index in [1.807, 2.05) is 24.3 Å². The Labute approximate surface area is 152 Å². The van der Waals surface area contributed by atoms with Crippen LogP contribution in [0.15, 0.2) is 48.5 Å². The molecule has 2 rings (SSSR count). The zero-order valence-electron chi connectivity index (χ0n) is 14.7. The Kier molecular flexibility index (Phi) is 6.23. The van der Waals surface area contributed by atoms with E-state index in [0.717, 1.165) is 34.5 Å². The fraction of sp³-hybridized carbons (Fsp3) is 0.278. The summed E-state index contributed by atoms with van der Waals surface area (Å²) in [4.78, 5) is 11.4. The van der Waals surface area contributed by atoms with Crippen molar-refractivity contribution in [1.82, 2.24) is 0 Å². The van der Waals surface area contributed by atoms with Crippen LogP contribution < -0.4 is 9.04 Å². The molecule has 26 heavy (non-hydrogen) atoms. The van der Waals surface area contributed by atoms with Crippen LogP contribution in [0.1, 0.15) is 0 Å². The molecule has 0 heterocycles. The highest BCUT2D eigenvalue weighted by Gasteiger charge is 2.25. The van der Waals surface area contributed by atoms with E-state index in [4.69, 9.17) is 4.74 Å². The molecule has 0 aliphatic rings. The summed E-state index contributed by atoms with van der Waals surface area (Å²) in [6.07, 6.45) is -0.565. The molecule has 7 nitrogen and oxygen atoms in total. The molecule has 0 fully saturated rings. The number of aliphatic hydroxyl groups excluding tert-OH is 1. The molecule has 0 amide bonds. The maximum atomic E-state index is 12.1. The third kappa shape index (κ3) is 4.74. The van der Waals surface area contributed by atoms with Crippen LogP contribution in [0.5, 0.6) is 5.75 Å². The van der Waals surface area contributed by atoms with E-state index in [-0.39, 0.29) is 0 Å². The molecule has 0 bridgehead atoms. The summed E-state index contributed by atoms with van der Waals surface area (Å²) in [6, 6.07) is 14.2. The Bertz CT molecular complexity index is 846. The molecule has 1 N–H and O–H groups in total. The maximum Gasteiger partial charge on any atom is 0.336 e. The molecule has 140 valence electrons. The van der Waals surface area contributed by atoms with Gasteiger partial charge in [-0.05, 0) is 35.4 Å². The zero-order valence-corrected chi connectivity index (χ0v) is 15.6. The minimum Gasteiger partial charge on any atom is -0.497 e. The molecular weight excluding hydrogens is 358 g/mol. The average Bonchev–Trinajstić information content (AvgIpc) is 2.64. The van der Waals surface area contributed by atoms with Crippen LogP contribution in [0.3, 0.4) is 0 Å². The average molecular weight is 379 g/mol. The van der Waals surface area contributed by atoms with Gasteiger partial charge in [-0.15, -0.1) is 0 Å². The van der Waals surface area contributed by atoms with Crippen molar-refractivity contribution in [3.05, 3.63) is 48.5 Å². The third-order valence-corrected chi connectivity index (χ3v) is 4.95. The Morgan fingerprint density at radius 1 is 1.04 bits per heavy atom. The number of sulfonamides is 1. The summed E-state index contributed by atoms with van der Waals surface area (Å²) >= 11 is 0. The number of carbonyl (C=O) groups excluding carboxylic acids is 1. The van der Waals surface area contributed by atoms with Crippen LogP contribution in [0.4, 0.5) is 5.69 Å². The fourth-order valence-electron chi connectivity index (χ4n) is 2.40. The number of hydrogen-bond donors (Lipinski definition) is 1. The second-order valence-corrected chi connectivity index (χ2v) is 7.52. The van der Waals surface area contributed by atoms with Crippen molar-refractivity contribution in [1.29, 1.82) is 0 Å². The number of benzene rings is 2. The minimum atomic E-state index is -3.69. The van der Waals surface area contributed by atoms with Crippen LogP contribution in [-0.4, -0.2) is 52.6 Å². The molecule has 8 heteroatoms. The highest BCUT2D eigenvalue weighted by Crippen LogP contribution is 2.26. The van der Waals surface area contributed by atoms with Gasteiger partial charge >= 0.3 is 5.97 Å². The first kappa shape index (κ1) is 19.7. The Balaban J connectivity index is 2.28. The molecule has 0 radical (unpaired) electrons. The van der Waals surface area contributed by atoms with Gasteiger partial charge in [-0.1, -0.05) is 24.3 Å². The van der Waals surface area contributed by atoms with Crippen molar-refractivity contribution in [2.45, 2.75) is 6.10 Å². The van der Waals surface area contributed by atoms with Gasteiger partial charge in [0.05, 0.1) is 32.7 Å². The highest BCUT2D eigenvalue weighted by atomic mass is 32.2. The highest BCUT2D eigenvalue weighted by molar-refractivity contribution is 7.92. The van der Waals surface area contributed by atoms with Crippen LogP contribution in [0.25, 0.3) is 11.1 Å². The van der Waals surface area contributed by atoms with Gasteiger partial charge in [0.15, 0.2) is 6.10 Å². The van der Waals surface area contributed by atoms with Gasteiger partial charge in [-0.2, -0.15) is 0 Å². The van der Waals surface area contributed by atoms with Crippen molar-refractivity contribution in [3.63, 3.8) is 0 Å². The lowest BCUT2D eigenvalue weighted by molar-refractivity contribution is -0.149. The Morgan fingerprint density at radius 2 is 1.54 bits per heavy atom. The quantitative estimate of drug-likeness (QED) is 0.736. The smallest absolute Gasteiger partial charge is 0.336 e. The molecule has 0 aliphatic heterocycles. The van der Waals surface area contributed by atoms with Crippen molar-refractivity contribution in [3.8, 4) is 16.9 Å². The summed E-state index contributed by atoms with van der Waals surface area (Å²) in [5, 5.41) is 9.80. The van der Waals surface area contributed by atoms with Crippen molar-refractivity contribution in [2.75, 3.05) is 31.3 Å². The topological polar surface area (TPSA) is 93.1 Å². The predicted octanol–water partition coefficient (Wildman–Crippen LogP) is 1.66. The van der Waals surface area contributed by atoms with E-state index in [2.05, 4.69) is 4.74 Å². The van der Waals surface area contributed by atoms with E-state index in [1.165, 1.54) is 0 Å². The van der Waals surface area contributed by atoms with Crippen LogP contribution in [-0.2, 0) is 19.6 Å². The first-order valence-electron chi connectivity index (χ1n) is 7.74. The third-order valence-electron chi connectivity index (χ3n) is 3.79. The second kappa shape index (κ2) is 8.20. The van der Waals surface area contributed by atoms with Gasteiger partial charge in [-0.25, -0.2) is 13.2 Å². The summed E-state index contributed by atoms with van der Waals surface area (Å²) in [6.45, 7) is -0.423. The van der Waals surface area contributed by atoms with Gasteiger partial charge in [0.1, 0.15) is 5.75 Å². The number of hydrogen-bond acceptors (Lipinski definition) is 6. The molecule has 0 aliphatic carbocycles. The van der Waals surface area contributed by atoms with Gasteiger partial charge in [-0.3, -0.25) is 4.31 Å². The van der Waals surface area contributed by atoms with Gasteiger partial charge in [0.25, 0.3) is 0 Å². The van der Waals surface area contributed by atoms with Crippen LogP contribution >= 0.6 is 0 Å². The summed E-state index contributed by atoms with van der Waals surface area (Å²) in [5.74, 6) is -0.154. The van der Waals surface area contributed by atoms with Crippen molar-refractivity contribution in [2.24, 2.45) is 0 Å². The number of carbonyl (C=O) groups is 1. The first-order valence-corrected chi connectivity index (χ1v) is 9.59. The summed E-state index contributed by atoms with van der Waals surface area (Å²) < 4.78 is 34.6. The first-order chi connectivity index (χ1) is 12.3. The van der Waals surface area contributed by atoms with E-state index in [1.54, 1.807) is 31.4 Å². The monoisotopic (exact) mass is 379 g/mol. The molecule has 0 aromatic heterocycles. The standard InChI is InChI=1S/C18H21NO6S/c1-24-16-10-6-14(7-11-16)13-4-8-15(9-5-13)19(26(3,22)23)12-17(20)18(21)25-2/h4-11,17,20H,12H2,1-3H3/t17-/m0/s1. The molecule has 0 unspecified atom stereocenters. The summed E-state index contributed by atoms with van der Waals surface area (Å²) in [5.41, 5.74) is 2.17. The van der Waals surface area contributed by atoms with Crippen molar-refractivity contribution < 1.29 is 27.8 Å². The van der Waals surface area contributed by atoms with Gasteiger partial charge in [0, 0.05) is 0 Å². The molecule has 0 spiro atoms. The largest absolute Gasteiger partial charge is 0.497 e. The number of ether oxygens (including phenoxy) is 2. The van der Waals surface area contributed by atoms with E-state index < -0.39 is 28.6 Å². The Hall–Kier alpha value is -2.58. The minimum absolute atomic E-state index is 0.340. The molecule has 1 atom stereocenters. The SMILES string of the molecule is COC(=O)[C@@H](O)CN(c1ccc(-c2ccc(OC)cc2)cc1)S(C)(=O)=O. The number of rotatable bonds is 7. The summed E-state index contributed by atoms with van der Waals surface area (Å²) in [7, 11) is -0.978. The molecule has 0 saturated carbocycles. The molecule has 0 saturated heterocycles. The lowest BCUT2D eigenvalue weighted by Gasteiger charge is -2.24. The molecule has 2 aromatic carbocycles. The normalized spacial score (nSPS) is 12.3.